The molecule has 4 N–H and O–H groups in total. The molecule has 1 amide bonds. The Morgan fingerprint density at radius 2 is 1.94 bits per heavy atom. The Hall–Kier alpha value is -1.10. The van der Waals surface area contributed by atoms with Gasteiger partial charge in [-0.2, -0.15) is 0 Å². The average Bonchev–Trinajstić information content (AvgIpc) is 2.54. The predicted molar refractivity (Wildman–Crippen MR) is 69.0 cm³/mol. The predicted octanol–water partition coefficient (Wildman–Crippen LogP) is 1.26. The minimum atomic E-state index is -0.921. The molecule has 1 rings (SSSR count). The van der Waals surface area contributed by atoms with Gasteiger partial charge in [0.05, 0.1) is 11.5 Å². The molecule has 3 unspecified atom stereocenters. The molecule has 104 valence electrons. The van der Waals surface area contributed by atoms with Gasteiger partial charge >= 0.3 is 5.97 Å². The van der Waals surface area contributed by atoms with Gasteiger partial charge in [-0.15, -0.1) is 0 Å². The summed E-state index contributed by atoms with van der Waals surface area (Å²) in [6.45, 7) is 3.52. The Morgan fingerprint density at radius 3 is 2.50 bits per heavy atom. The molecule has 18 heavy (non-hydrogen) atoms. The second-order valence-electron chi connectivity index (χ2n) is 5.43. The summed E-state index contributed by atoms with van der Waals surface area (Å²) in [4.78, 5) is 23.3. The van der Waals surface area contributed by atoms with E-state index < -0.39 is 17.4 Å². The van der Waals surface area contributed by atoms with Crippen LogP contribution in [0, 0.1) is 5.92 Å². The van der Waals surface area contributed by atoms with Gasteiger partial charge in [0.25, 0.3) is 0 Å². The Balaban J connectivity index is 2.72. The van der Waals surface area contributed by atoms with Gasteiger partial charge in [-0.3, -0.25) is 9.59 Å². The van der Waals surface area contributed by atoms with Crippen LogP contribution in [0.15, 0.2) is 0 Å². The highest BCUT2D eigenvalue weighted by atomic mass is 16.4. The number of hydrogen-bond acceptors (Lipinski definition) is 3. The summed E-state index contributed by atoms with van der Waals surface area (Å²) in [6, 6.07) is -0.285. The van der Waals surface area contributed by atoms with Gasteiger partial charge in [0, 0.05) is 6.04 Å². The number of rotatable bonds is 4. The molecular formula is C13H24N2O3. The number of aliphatic carboxylic acids is 1. The lowest BCUT2D eigenvalue weighted by atomic mass is 9.92. The highest BCUT2D eigenvalue weighted by Gasteiger charge is 2.34. The van der Waals surface area contributed by atoms with Crippen molar-refractivity contribution in [2.24, 2.45) is 11.7 Å². The quantitative estimate of drug-likeness (QED) is 0.660. The van der Waals surface area contributed by atoms with Crippen molar-refractivity contribution >= 4 is 11.9 Å². The number of carboxylic acids is 1. The standard InChI is InChI=1S/C13H24N2O3/c1-3-13(2,14)12(18)15-10-8-6-4-5-7-9(10)11(16)17/h9-10H,3-8,14H2,1-2H3,(H,15,18)(H,16,17). The Morgan fingerprint density at radius 1 is 1.33 bits per heavy atom. The Kier molecular flexibility index (Phi) is 5.14. The molecule has 5 heteroatoms. The van der Waals surface area contributed by atoms with E-state index in [0.29, 0.717) is 12.8 Å². The van der Waals surface area contributed by atoms with E-state index in [2.05, 4.69) is 5.32 Å². The molecular weight excluding hydrogens is 232 g/mol. The molecule has 5 nitrogen and oxygen atoms in total. The van der Waals surface area contributed by atoms with Crippen LogP contribution in [0.3, 0.4) is 0 Å². The first kappa shape index (κ1) is 15.0. The van der Waals surface area contributed by atoms with Crippen LogP contribution in [0.5, 0.6) is 0 Å². The van der Waals surface area contributed by atoms with Gasteiger partial charge < -0.3 is 16.2 Å². The second-order valence-corrected chi connectivity index (χ2v) is 5.43. The van der Waals surface area contributed by atoms with Crippen LogP contribution in [0.2, 0.25) is 0 Å². The number of carbonyl (C=O) groups is 2. The summed E-state index contributed by atoms with van der Waals surface area (Å²) in [5.41, 5.74) is 4.96. The molecule has 3 atom stereocenters. The zero-order valence-corrected chi connectivity index (χ0v) is 11.2. The summed E-state index contributed by atoms with van der Waals surface area (Å²) in [7, 11) is 0. The normalized spacial score (nSPS) is 27.9. The van der Waals surface area contributed by atoms with Gasteiger partial charge in [-0.25, -0.2) is 0 Å². The number of carboxylic acid groups (broad SMARTS) is 1. The molecule has 1 aliphatic rings. The third kappa shape index (κ3) is 3.70. The smallest absolute Gasteiger partial charge is 0.308 e. The molecule has 0 saturated heterocycles. The van der Waals surface area contributed by atoms with Gasteiger partial charge in [-0.1, -0.05) is 26.2 Å². The Bertz CT molecular complexity index is 315. The number of amides is 1. The monoisotopic (exact) mass is 256 g/mol. The molecule has 0 aromatic heterocycles. The topological polar surface area (TPSA) is 92.4 Å². The first-order valence-corrected chi connectivity index (χ1v) is 6.71. The number of nitrogens with one attached hydrogen (secondary N) is 1. The molecule has 0 radical (unpaired) electrons. The maximum absolute atomic E-state index is 12.0. The van der Waals surface area contributed by atoms with E-state index in [4.69, 9.17) is 5.73 Å². The van der Waals surface area contributed by atoms with Crippen LogP contribution in [-0.4, -0.2) is 28.6 Å². The van der Waals surface area contributed by atoms with Gasteiger partial charge in [0.1, 0.15) is 0 Å². The molecule has 1 saturated carbocycles. The van der Waals surface area contributed by atoms with Gasteiger partial charge in [0.15, 0.2) is 0 Å². The molecule has 1 fully saturated rings. The molecule has 0 bridgehead atoms. The van der Waals surface area contributed by atoms with Crippen LogP contribution in [0.4, 0.5) is 0 Å². The van der Waals surface area contributed by atoms with Crippen LogP contribution in [0.1, 0.15) is 52.4 Å². The minimum absolute atomic E-state index is 0.247. The molecule has 0 spiro atoms. The van der Waals surface area contributed by atoms with E-state index >= 15 is 0 Å². The average molecular weight is 256 g/mol. The first-order chi connectivity index (χ1) is 8.38. The van der Waals surface area contributed by atoms with Gasteiger partial charge in [0.2, 0.25) is 5.91 Å². The maximum atomic E-state index is 12.0. The van der Waals surface area contributed by atoms with Gasteiger partial charge in [-0.05, 0) is 26.2 Å². The molecule has 0 aromatic carbocycles. The highest BCUT2D eigenvalue weighted by Crippen LogP contribution is 2.24. The van der Waals surface area contributed by atoms with E-state index in [1.165, 1.54) is 0 Å². The van der Waals surface area contributed by atoms with Crippen molar-refractivity contribution in [2.45, 2.75) is 64.0 Å². The third-order valence-electron chi connectivity index (χ3n) is 3.90. The van der Waals surface area contributed by atoms with Crippen molar-refractivity contribution in [1.82, 2.24) is 5.32 Å². The second kappa shape index (κ2) is 6.18. The lowest BCUT2D eigenvalue weighted by molar-refractivity contribution is -0.143. The maximum Gasteiger partial charge on any atom is 0.308 e. The van der Waals surface area contributed by atoms with Crippen molar-refractivity contribution < 1.29 is 14.7 Å². The number of hydrogen-bond donors (Lipinski definition) is 3. The zero-order chi connectivity index (χ0) is 13.8. The molecule has 0 aliphatic heterocycles. The fraction of sp³-hybridized carbons (Fsp3) is 0.846. The Labute approximate surface area is 108 Å². The lowest BCUT2D eigenvalue weighted by Crippen LogP contribution is -2.55. The number of nitrogens with two attached hydrogens (primary N) is 1. The van der Waals surface area contributed by atoms with Crippen molar-refractivity contribution in [3.63, 3.8) is 0 Å². The minimum Gasteiger partial charge on any atom is -0.481 e. The van der Waals surface area contributed by atoms with Crippen LogP contribution in [0.25, 0.3) is 0 Å². The van der Waals surface area contributed by atoms with E-state index in [9.17, 15) is 14.7 Å². The summed E-state index contributed by atoms with van der Waals surface area (Å²) in [5, 5.41) is 12.1. The van der Waals surface area contributed by atoms with E-state index in [1.54, 1.807) is 6.92 Å². The molecule has 1 aliphatic carbocycles. The fourth-order valence-electron chi connectivity index (χ4n) is 2.27. The summed E-state index contributed by atoms with van der Waals surface area (Å²) in [5.74, 6) is -1.55. The summed E-state index contributed by atoms with van der Waals surface area (Å²) in [6.07, 6.45) is 4.79. The van der Waals surface area contributed by atoms with Crippen molar-refractivity contribution in [3.8, 4) is 0 Å². The highest BCUT2D eigenvalue weighted by molar-refractivity contribution is 5.86. The van der Waals surface area contributed by atoms with E-state index in [0.717, 1.165) is 25.7 Å². The SMILES string of the molecule is CCC(C)(N)C(=O)NC1CCCCCC1C(=O)O. The molecule has 0 heterocycles. The van der Waals surface area contributed by atoms with Crippen LogP contribution >= 0.6 is 0 Å². The van der Waals surface area contributed by atoms with Crippen LogP contribution in [-0.2, 0) is 9.59 Å². The largest absolute Gasteiger partial charge is 0.481 e. The van der Waals surface area contributed by atoms with Crippen molar-refractivity contribution in [1.29, 1.82) is 0 Å². The van der Waals surface area contributed by atoms with E-state index in [-0.39, 0.29) is 11.9 Å². The fourth-order valence-corrected chi connectivity index (χ4v) is 2.27. The molecule has 0 aromatic rings. The third-order valence-corrected chi connectivity index (χ3v) is 3.90. The van der Waals surface area contributed by atoms with Crippen LogP contribution < -0.4 is 11.1 Å². The van der Waals surface area contributed by atoms with E-state index in [1.807, 2.05) is 6.92 Å². The summed E-state index contributed by atoms with van der Waals surface area (Å²) < 4.78 is 0. The van der Waals surface area contributed by atoms with Crippen molar-refractivity contribution in [3.05, 3.63) is 0 Å². The first-order valence-electron chi connectivity index (χ1n) is 6.71. The lowest BCUT2D eigenvalue weighted by Gasteiger charge is -2.28. The number of carbonyl (C=O) groups excluding carboxylic acids is 1. The van der Waals surface area contributed by atoms with Crippen molar-refractivity contribution in [2.75, 3.05) is 0 Å². The summed E-state index contributed by atoms with van der Waals surface area (Å²) >= 11 is 0. The zero-order valence-electron chi connectivity index (χ0n) is 11.2.